The Kier molecular flexibility index (Phi) is 26.3. The lowest BCUT2D eigenvalue weighted by molar-refractivity contribution is -0.149. The van der Waals surface area contributed by atoms with Crippen molar-refractivity contribution in [2.24, 2.45) is 48.4 Å². The first-order valence-corrected chi connectivity index (χ1v) is 24.6. The normalized spacial score (nSPS) is 13.9. The fraction of sp³-hybridized carbons (Fsp3) is 0.538. The molecule has 6 rings (SSSR count). The molecular formula is C52H71N9O9. The van der Waals surface area contributed by atoms with Crippen LogP contribution >= 0.6 is 0 Å². The van der Waals surface area contributed by atoms with Crippen LogP contribution in [0.2, 0.25) is 0 Å². The molecule has 18 nitrogen and oxygen atoms in total. The zero-order valence-electron chi connectivity index (χ0n) is 40.9. The summed E-state index contributed by atoms with van der Waals surface area (Å²) in [6, 6.07) is 28.5. The lowest BCUT2D eigenvalue weighted by Crippen LogP contribution is -2.35. The first-order valence-electron chi connectivity index (χ1n) is 24.6. The van der Waals surface area contributed by atoms with Gasteiger partial charge in [-0.1, -0.05) is 112 Å². The summed E-state index contributed by atoms with van der Waals surface area (Å²) in [5.41, 5.74) is 2.82. The molecular weight excluding hydrogens is 895 g/mol. The van der Waals surface area contributed by atoms with Crippen LogP contribution in [0.5, 0.6) is 0 Å². The summed E-state index contributed by atoms with van der Waals surface area (Å²) in [5, 5.41) is 31.5. The molecule has 0 aromatic heterocycles. The molecule has 0 bridgehead atoms. The molecule has 3 amide bonds. The number of hydrogen-bond donors (Lipinski definition) is 3. The maximum absolute atomic E-state index is 12.3. The molecule has 2 atom stereocenters. The topological polar surface area (TPSA) is 240 Å². The van der Waals surface area contributed by atoms with Crippen LogP contribution in [0, 0.1) is 17.8 Å². The molecule has 0 spiro atoms. The molecule has 0 saturated heterocycles. The van der Waals surface area contributed by atoms with Crippen LogP contribution in [0.1, 0.15) is 121 Å². The molecule has 3 aliphatic heterocycles. The van der Waals surface area contributed by atoms with E-state index in [4.69, 9.17) is 14.2 Å². The molecule has 3 aromatic rings. The molecule has 3 N–H and O–H groups in total. The third-order valence-corrected chi connectivity index (χ3v) is 11.2. The van der Waals surface area contributed by atoms with E-state index in [0.29, 0.717) is 19.6 Å². The number of carbonyl (C=O) groups excluding carboxylic acids is 6. The maximum atomic E-state index is 12.3. The first kappa shape index (κ1) is 55.9. The van der Waals surface area contributed by atoms with Gasteiger partial charge in [-0.15, -0.1) is 0 Å². The summed E-state index contributed by atoms with van der Waals surface area (Å²) in [7, 11) is 0. The molecule has 0 fully saturated rings. The predicted octanol–water partition coefficient (Wildman–Crippen LogP) is 8.89. The molecule has 70 heavy (non-hydrogen) atoms. The largest absolute Gasteiger partial charge is 0.461 e. The Morgan fingerprint density at radius 2 is 0.829 bits per heavy atom. The smallest absolute Gasteiger partial charge is 0.306 e. The number of amides is 3. The highest BCUT2D eigenvalue weighted by molar-refractivity contribution is 5.84. The van der Waals surface area contributed by atoms with E-state index >= 15 is 0 Å². The summed E-state index contributed by atoms with van der Waals surface area (Å²) in [6.45, 7) is 8.23. The molecule has 3 aliphatic rings. The van der Waals surface area contributed by atoms with Crippen molar-refractivity contribution in [1.82, 2.24) is 16.0 Å². The molecule has 18 heteroatoms. The van der Waals surface area contributed by atoms with Gasteiger partial charge in [0.1, 0.15) is 19.8 Å². The van der Waals surface area contributed by atoms with Gasteiger partial charge in [0, 0.05) is 32.0 Å². The molecule has 0 radical (unpaired) electrons. The Balaban J connectivity index is 0.000000229. The molecule has 0 aliphatic carbocycles. The molecule has 0 unspecified atom stereocenters. The molecule has 3 aromatic carbocycles. The van der Waals surface area contributed by atoms with Crippen LogP contribution in [0.4, 0.5) is 0 Å². The van der Waals surface area contributed by atoms with Gasteiger partial charge in [0.2, 0.25) is 17.7 Å². The summed E-state index contributed by atoms with van der Waals surface area (Å²) < 4.78 is 15.6. The summed E-state index contributed by atoms with van der Waals surface area (Å²) in [4.78, 5) is 71.2. The van der Waals surface area contributed by atoms with E-state index in [1.54, 1.807) is 6.92 Å². The highest BCUT2D eigenvalue weighted by Crippen LogP contribution is 2.20. The summed E-state index contributed by atoms with van der Waals surface area (Å²) in [5.74, 6) is -2.01. The van der Waals surface area contributed by atoms with Gasteiger partial charge in [0.15, 0.2) is 18.5 Å². The van der Waals surface area contributed by atoms with Crippen LogP contribution in [-0.4, -0.2) is 73.8 Å². The summed E-state index contributed by atoms with van der Waals surface area (Å²) >= 11 is 0. The Labute approximate surface area is 411 Å². The van der Waals surface area contributed by atoms with Crippen LogP contribution in [0.3, 0.4) is 0 Å². The van der Waals surface area contributed by atoms with Gasteiger partial charge in [-0.3, -0.25) is 28.8 Å². The van der Waals surface area contributed by atoms with Crippen molar-refractivity contribution < 1.29 is 43.0 Å². The van der Waals surface area contributed by atoms with Gasteiger partial charge in [-0.2, -0.15) is 30.7 Å². The fourth-order valence-electron chi connectivity index (χ4n) is 6.66. The monoisotopic (exact) mass is 966 g/mol. The third kappa shape index (κ3) is 27.3. The Hall–Kier alpha value is -6.72. The van der Waals surface area contributed by atoms with Gasteiger partial charge in [0.05, 0.1) is 25.2 Å². The highest BCUT2D eigenvalue weighted by Gasteiger charge is 2.26. The van der Waals surface area contributed by atoms with Crippen LogP contribution in [-0.2, 0) is 62.8 Å². The number of nitrogens with one attached hydrogen (secondary N) is 3. The zero-order valence-corrected chi connectivity index (χ0v) is 40.9. The minimum Gasteiger partial charge on any atom is -0.461 e. The minimum absolute atomic E-state index is 0.0764. The number of benzene rings is 3. The van der Waals surface area contributed by atoms with Gasteiger partial charge >= 0.3 is 17.9 Å². The Morgan fingerprint density at radius 3 is 1.23 bits per heavy atom. The summed E-state index contributed by atoms with van der Waals surface area (Å²) in [6.07, 6.45) is 9.63. The predicted molar refractivity (Wildman–Crippen MR) is 261 cm³/mol. The standard InChI is InChI=1S/C19H27N3O3.C17H23N3O3.C16H21N3O3/c1-14(2)16(19(24)20-11-7-6-10-17-21-22-17)12-18(23)25-13-15-8-4-3-5-9-15;1-13(17(22)18-10-6-5-9-15-19-20-15)11-16(21)23-12-14-7-3-2-4-8-14;20-15(17-11-5-4-8-14-18-19-14)9-10-16(21)22-12-13-6-2-1-3-7-13/h3-5,8-9,14,16-17H,6-7,10-13H2,1-2H3,(H,20,24);2-4,7-8,13,15H,5-6,9-12H2,1H3,(H,18,22);1-3,6-7,14H,4-5,8-12H2,(H,17,20)/t16-;13-;/m01./s1. The van der Waals surface area contributed by atoms with Crippen LogP contribution in [0.15, 0.2) is 122 Å². The lowest BCUT2D eigenvalue weighted by atomic mass is 9.91. The maximum Gasteiger partial charge on any atom is 0.306 e. The van der Waals surface area contributed by atoms with Crippen molar-refractivity contribution in [3.8, 4) is 0 Å². The third-order valence-electron chi connectivity index (χ3n) is 11.2. The number of rotatable bonds is 31. The lowest BCUT2D eigenvalue weighted by Gasteiger charge is -2.19. The number of hydrogen-bond acceptors (Lipinski definition) is 15. The van der Waals surface area contributed by atoms with Crippen molar-refractivity contribution >= 4 is 35.6 Å². The van der Waals surface area contributed by atoms with E-state index in [2.05, 4.69) is 46.6 Å². The molecule has 0 saturated carbocycles. The van der Waals surface area contributed by atoms with Crippen molar-refractivity contribution in [2.45, 2.75) is 143 Å². The van der Waals surface area contributed by atoms with Crippen molar-refractivity contribution in [3.63, 3.8) is 0 Å². The average Bonchev–Trinajstić information content (AvgIpc) is 4.21. The van der Waals surface area contributed by atoms with E-state index in [1.807, 2.05) is 105 Å². The number of nitrogens with zero attached hydrogens (tertiary/aromatic N) is 6. The molecule has 378 valence electrons. The number of unbranched alkanes of at least 4 members (excludes halogenated alkanes) is 3. The second-order valence-electron chi connectivity index (χ2n) is 17.7. The van der Waals surface area contributed by atoms with E-state index < -0.39 is 0 Å². The SMILES string of the molecule is CC(C)[C@H](CC(=O)OCc1ccccc1)C(=O)NCCCCC1N=N1.C[C@H](CC(=O)OCc1ccccc1)C(=O)NCCCCC1N=N1.O=C(CCC(=O)OCc1ccccc1)NCCCCC1N=N1. The second-order valence-corrected chi connectivity index (χ2v) is 17.7. The first-order chi connectivity index (χ1) is 33.9. The highest BCUT2D eigenvalue weighted by atomic mass is 16.5. The van der Waals surface area contributed by atoms with Gasteiger partial charge in [-0.25, -0.2) is 0 Å². The fourth-order valence-corrected chi connectivity index (χ4v) is 6.66. The van der Waals surface area contributed by atoms with Crippen LogP contribution in [0.25, 0.3) is 0 Å². The quantitative estimate of drug-likeness (QED) is 0.0316. The number of esters is 3. The average molecular weight is 966 g/mol. The number of carbonyl (C=O) groups is 6. The van der Waals surface area contributed by atoms with Crippen molar-refractivity contribution in [2.75, 3.05) is 19.6 Å². The van der Waals surface area contributed by atoms with Crippen LogP contribution < -0.4 is 16.0 Å². The Morgan fingerprint density at radius 1 is 0.457 bits per heavy atom. The van der Waals surface area contributed by atoms with E-state index in [9.17, 15) is 28.8 Å². The van der Waals surface area contributed by atoms with Crippen molar-refractivity contribution in [1.29, 1.82) is 0 Å². The van der Waals surface area contributed by atoms with Gasteiger partial charge in [0.25, 0.3) is 0 Å². The zero-order chi connectivity index (χ0) is 50.2. The Bertz CT molecular complexity index is 2110. The minimum atomic E-state index is -0.383. The second kappa shape index (κ2) is 32.9. The van der Waals surface area contributed by atoms with E-state index in [0.717, 1.165) is 74.5 Å². The van der Waals surface area contributed by atoms with E-state index in [1.165, 1.54) is 0 Å². The van der Waals surface area contributed by atoms with Crippen molar-refractivity contribution in [3.05, 3.63) is 108 Å². The van der Waals surface area contributed by atoms with Gasteiger partial charge < -0.3 is 30.2 Å². The number of ether oxygens (including phenoxy) is 3. The van der Waals surface area contributed by atoms with E-state index in [-0.39, 0.29) is 117 Å². The molecule has 3 heterocycles. The van der Waals surface area contributed by atoms with Gasteiger partial charge in [-0.05, 0) is 80.4 Å².